The van der Waals surface area contributed by atoms with Gasteiger partial charge in [0.05, 0.1) is 37.7 Å². The van der Waals surface area contributed by atoms with Gasteiger partial charge in [-0.05, 0) is 35.2 Å². The number of ether oxygens (including phenoxy) is 2. The maximum atomic E-state index is 12.7. The minimum absolute atomic E-state index is 0.247. The van der Waals surface area contributed by atoms with Gasteiger partial charge in [0, 0.05) is 23.5 Å². The highest BCUT2D eigenvalue weighted by Gasteiger charge is 2.14. The van der Waals surface area contributed by atoms with Crippen molar-refractivity contribution in [3.8, 4) is 34.1 Å². The fourth-order valence-electron chi connectivity index (χ4n) is 3.77. The third-order valence-corrected chi connectivity index (χ3v) is 5.39. The number of hydrogen-bond acceptors (Lipinski definition) is 7. The largest absolute Gasteiger partial charge is 0.496 e. The molecule has 5 rings (SSSR count). The molecule has 8 nitrogen and oxygen atoms in total. The number of methoxy groups -OCH3 is 2. The van der Waals surface area contributed by atoms with Crippen molar-refractivity contribution in [3.05, 3.63) is 89.6 Å². The van der Waals surface area contributed by atoms with Crippen molar-refractivity contribution in [1.82, 2.24) is 19.9 Å². The first kappa shape index (κ1) is 21.1. The normalized spacial score (nSPS) is 10.8. The van der Waals surface area contributed by atoms with E-state index >= 15 is 0 Å². The van der Waals surface area contributed by atoms with Gasteiger partial charge >= 0.3 is 0 Å². The first-order chi connectivity index (χ1) is 16.7. The van der Waals surface area contributed by atoms with Crippen molar-refractivity contribution in [2.24, 2.45) is 0 Å². The lowest BCUT2D eigenvalue weighted by atomic mass is 10.0. The fraction of sp³-hybridized carbons (Fsp3) is 0.0769. The first-order valence-corrected chi connectivity index (χ1v) is 10.6. The summed E-state index contributed by atoms with van der Waals surface area (Å²) in [5.41, 5.74) is 3.57. The van der Waals surface area contributed by atoms with Gasteiger partial charge in [-0.2, -0.15) is 0 Å². The molecular weight excluding hydrogens is 430 g/mol. The molecule has 0 aliphatic carbocycles. The summed E-state index contributed by atoms with van der Waals surface area (Å²) in [6.45, 7) is 0. The van der Waals surface area contributed by atoms with Gasteiger partial charge in [0.15, 0.2) is 0 Å². The molecule has 5 aromatic rings. The van der Waals surface area contributed by atoms with Crippen LogP contribution in [0.2, 0.25) is 0 Å². The van der Waals surface area contributed by atoms with E-state index in [9.17, 15) is 4.79 Å². The van der Waals surface area contributed by atoms with E-state index in [0.717, 1.165) is 16.8 Å². The Balaban J connectivity index is 1.61. The average molecular weight is 451 g/mol. The third kappa shape index (κ3) is 4.04. The third-order valence-electron chi connectivity index (χ3n) is 5.39. The fourth-order valence-corrected chi connectivity index (χ4v) is 3.77. The van der Waals surface area contributed by atoms with Crippen LogP contribution in [-0.2, 0) is 0 Å². The Hall–Kier alpha value is -4.72. The maximum Gasteiger partial charge on any atom is 0.259 e. The van der Waals surface area contributed by atoms with E-state index in [2.05, 4.69) is 20.3 Å². The lowest BCUT2D eigenvalue weighted by Gasteiger charge is -2.14. The molecule has 2 aromatic carbocycles. The van der Waals surface area contributed by atoms with Gasteiger partial charge in [-0.3, -0.25) is 9.78 Å². The van der Waals surface area contributed by atoms with Crippen molar-refractivity contribution in [3.63, 3.8) is 0 Å². The number of aromatic nitrogens is 4. The van der Waals surface area contributed by atoms with E-state index < -0.39 is 0 Å². The lowest BCUT2D eigenvalue weighted by molar-refractivity contribution is 0.396. The van der Waals surface area contributed by atoms with Crippen molar-refractivity contribution in [1.29, 1.82) is 0 Å². The van der Waals surface area contributed by atoms with Crippen LogP contribution < -0.4 is 20.3 Å². The molecule has 0 atom stereocenters. The van der Waals surface area contributed by atoms with Crippen molar-refractivity contribution >= 4 is 22.3 Å². The summed E-state index contributed by atoms with van der Waals surface area (Å²) < 4.78 is 10.8. The molecule has 2 N–H and O–H groups in total. The van der Waals surface area contributed by atoms with Crippen LogP contribution in [0.15, 0.2) is 84.0 Å². The standard InChI is InChI=1S/C26H21N5O3/c1-33-22-13-18(8-9-19(22)16-6-4-3-5-7-16)29-25-24-17(10-11-28-26(24)32)12-20(31-25)21-14-27-15-23(30-21)34-2/h3-15H,1-2H3,(H,28,32)(H,29,31). The molecule has 168 valence electrons. The number of rotatable bonds is 6. The topological polar surface area (TPSA) is 102 Å². The molecule has 0 spiro atoms. The Labute approximate surface area is 195 Å². The number of pyridine rings is 2. The molecule has 0 saturated heterocycles. The number of anilines is 2. The van der Waals surface area contributed by atoms with Gasteiger partial charge in [0.1, 0.15) is 17.3 Å². The van der Waals surface area contributed by atoms with Crippen LogP contribution in [-0.4, -0.2) is 34.2 Å². The Kier molecular flexibility index (Phi) is 5.61. The van der Waals surface area contributed by atoms with Crippen LogP contribution in [0, 0.1) is 0 Å². The summed E-state index contributed by atoms with van der Waals surface area (Å²) in [6.07, 6.45) is 4.73. The quantitative estimate of drug-likeness (QED) is 0.382. The van der Waals surface area contributed by atoms with Gasteiger partial charge in [0.25, 0.3) is 5.56 Å². The number of H-pyrrole nitrogens is 1. The Bertz CT molecular complexity index is 1530. The molecule has 0 aliphatic rings. The highest BCUT2D eigenvalue weighted by Crippen LogP contribution is 2.34. The van der Waals surface area contributed by atoms with E-state index in [1.807, 2.05) is 54.6 Å². The van der Waals surface area contributed by atoms with Crippen molar-refractivity contribution in [2.45, 2.75) is 0 Å². The van der Waals surface area contributed by atoms with E-state index in [1.54, 1.807) is 25.6 Å². The Morgan fingerprint density at radius 3 is 2.53 bits per heavy atom. The number of nitrogens with one attached hydrogen (secondary N) is 2. The van der Waals surface area contributed by atoms with Crippen molar-refractivity contribution in [2.75, 3.05) is 19.5 Å². The van der Waals surface area contributed by atoms with E-state index in [0.29, 0.717) is 39.6 Å². The van der Waals surface area contributed by atoms with Crippen LogP contribution in [0.25, 0.3) is 33.3 Å². The molecular formula is C26H21N5O3. The van der Waals surface area contributed by atoms with Crippen LogP contribution in [0.3, 0.4) is 0 Å². The Morgan fingerprint density at radius 2 is 1.74 bits per heavy atom. The second kappa shape index (κ2) is 9.03. The van der Waals surface area contributed by atoms with Gasteiger partial charge in [-0.1, -0.05) is 30.3 Å². The molecule has 0 fully saturated rings. The smallest absolute Gasteiger partial charge is 0.259 e. The lowest BCUT2D eigenvalue weighted by Crippen LogP contribution is -2.09. The predicted molar refractivity (Wildman–Crippen MR) is 132 cm³/mol. The predicted octanol–water partition coefficient (Wildman–Crippen LogP) is 4.81. The minimum Gasteiger partial charge on any atom is -0.496 e. The molecule has 0 amide bonds. The summed E-state index contributed by atoms with van der Waals surface area (Å²) in [5.74, 6) is 1.47. The number of aromatic amines is 1. The average Bonchev–Trinajstić information content (AvgIpc) is 2.89. The van der Waals surface area contributed by atoms with E-state index in [4.69, 9.17) is 14.5 Å². The number of hydrogen-bond donors (Lipinski definition) is 2. The number of benzene rings is 2. The zero-order valence-corrected chi connectivity index (χ0v) is 18.6. The summed E-state index contributed by atoms with van der Waals surface area (Å²) >= 11 is 0. The monoisotopic (exact) mass is 451 g/mol. The molecule has 3 heterocycles. The van der Waals surface area contributed by atoms with Crippen LogP contribution in [0.5, 0.6) is 11.6 Å². The first-order valence-electron chi connectivity index (χ1n) is 10.6. The molecule has 3 aromatic heterocycles. The van der Waals surface area contributed by atoms with E-state index in [1.165, 1.54) is 13.3 Å². The van der Waals surface area contributed by atoms with Gasteiger partial charge in [-0.25, -0.2) is 9.97 Å². The van der Waals surface area contributed by atoms with Crippen LogP contribution in [0.1, 0.15) is 0 Å². The summed E-state index contributed by atoms with van der Waals surface area (Å²) in [5, 5.41) is 4.44. The van der Waals surface area contributed by atoms with Crippen molar-refractivity contribution < 1.29 is 9.47 Å². The molecule has 8 heteroatoms. The van der Waals surface area contributed by atoms with Crippen LogP contribution >= 0.6 is 0 Å². The zero-order chi connectivity index (χ0) is 23.5. The van der Waals surface area contributed by atoms with Gasteiger partial charge < -0.3 is 19.8 Å². The number of fused-ring (bicyclic) bond motifs is 1. The zero-order valence-electron chi connectivity index (χ0n) is 18.6. The molecule has 0 unspecified atom stereocenters. The maximum absolute atomic E-state index is 12.7. The highest BCUT2D eigenvalue weighted by atomic mass is 16.5. The molecule has 0 aliphatic heterocycles. The Morgan fingerprint density at radius 1 is 0.882 bits per heavy atom. The van der Waals surface area contributed by atoms with Gasteiger partial charge in [0.2, 0.25) is 5.88 Å². The van der Waals surface area contributed by atoms with E-state index in [-0.39, 0.29) is 5.56 Å². The second-order valence-corrected chi connectivity index (χ2v) is 7.48. The molecule has 34 heavy (non-hydrogen) atoms. The molecule has 0 radical (unpaired) electrons. The summed E-state index contributed by atoms with van der Waals surface area (Å²) in [4.78, 5) is 28.7. The summed E-state index contributed by atoms with van der Waals surface area (Å²) in [7, 11) is 3.16. The second-order valence-electron chi connectivity index (χ2n) is 7.48. The summed E-state index contributed by atoms with van der Waals surface area (Å²) in [6, 6.07) is 19.4. The minimum atomic E-state index is -0.247. The highest BCUT2D eigenvalue weighted by molar-refractivity contribution is 5.95. The number of nitrogens with zero attached hydrogens (tertiary/aromatic N) is 3. The molecule has 0 saturated carbocycles. The van der Waals surface area contributed by atoms with Crippen LogP contribution in [0.4, 0.5) is 11.5 Å². The van der Waals surface area contributed by atoms with Gasteiger partial charge in [-0.15, -0.1) is 0 Å². The molecule has 0 bridgehead atoms. The SMILES string of the molecule is COc1cncc(-c2cc3cc[nH]c(=O)c3c(Nc3ccc(-c4ccccc4)c(OC)c3)n2)n1.